The van der Waals surface area contributed by atoms with Crippen LogP contribution in [0.1, 0.15) is 42.7 Å². The maximum atomic E-state index is 4.50. The normalized spacial score (nSPS) is 11.5. The Morgan fingerprint density at radius 3 is 2.81 bits per heavy atom. The van der Waals surface area contributed by atoms with Crippen molar-refractivity contribution in [3.8, 4) is 0 Å². The quantitative estimate of drug-likeness (QED) is 0.813. The number of hydrogen-bond donors (Lipinski definition) is 1. The Balaban J connectivity index is 1.80. The molecular weight excluding hydrogens is 262 g/mol. The summed E-state index contributed by atoms with van der Waals surface area (Å²) < 4.78 is 2.07. The number of nitrogens with one attached hydrogen (secondary N) is 1. The second-order valence-electron chi connectivity index (χ2n) is 5.85. The molecule has 2 rings (SSSR count). The zero-order valence-electron chi connectivity index (χ0n) is 13.7. The minimum atomic E-state index is 0.901. The first-order valence-electron chi connectivity index (χ1n) is 7.81. The van der Waals surface area contributed by atoms with Crippen LogP contribution in [0.3, 0.4) is 0 Å². The molecule has 0 bridgehead atoms. The van der Waals surface area contributed by atoms with E-state index in [4.69, 9.17) is 0 Å². The number of H-pyrrole nitrogens is 1. The van der Waals surface area contributed by atoms with Gasteiger partial charge in [-0.25, -0.2) is 4.98 Å². The Bertz CT molecular complexity index is 555. The summed E-state index contributed by atoms with van der Waals surface area (Å²) in [5, 5.41) is 4.50. The van der Waals surface area contributed by atoms with E-state index < -0.39 is 0 Å². The molecule has 0 aliphatic heterocycles. The van der Waals surface area contributed by atoms with Crippen molar-refractivity contribution in [2.75, 3.05) is 13.6 Å². The molecule has 0 spiro atoms. The van der Waals surface area contributed by atoms with Gasteiger partial charge in [0.05, 0.1) is 12.2 Å². The van der Waals surface area contributed by atoms with Crippen molar-refractivity contribution in [1.82, 2.24) is 24.6 Å². The van der Waals surface area contributed by atoms with Crippen LogP contribution in [-0.4, -0.2) is 38.2 Å². The van der Waals surface area contributed by atoms with Gasteiger partial charge >= 0.3 is 0 Å². The number of unbranched alkanes of at least 4 members (excludes halogenated alkanes) is 1. The second-order valence-corrected chi connectivity index (χ2v) is 5.85. The molecule has 2 heterocycles. The standard InChI is InChI=1S/C16H27N5/c1-5-6-7-16-17-11-15(18-16)12-20(4)8-9-21-14(3)10-13(2)19-21/h10-11H,5-9,12H2,1-4H3,(H,17,18). The number of aromatic nitrogens is 4. The summed E-state index contributed by atoms with van der Waals surface area (Å²) in [5.74, 6) is 1.11. The van der Waals surface area contributed by atoms with Crippen LogP contribution >= 0.6 is 0 Å². The summed E-state index contributed by atoms with van der Waals surface area (Å²) in [5.41, 5.74) is 3.51. The predicted molar refractivity (Wildman–Crippen MR) is 85.2 cm³/mol. The van der Waals surface area contributed by atoms with Crippen LogP contribution in [0.25, 0.3) is 0 Å². The average molecular weight is 289 g/mol. The third-order valence-electron chi connectivity index (χ3n) is 3.69. The number of imidazole rings is 1. The van der Waals surface area contributed by atoms with Gasteiger partial charge in [-0.2, -0.15) is 5.10 Å². The Labute approximate surface area is 127 Å². The summed E-state index contributed by atoms with van der Waals surface area (Å²) in [6.07, 6.45) is 5.41. The largest absolute Gasteiger partial charge is 0.345 e. The lowest BCUT2D eigenvalue weighted by Crippen LogP contribution is -2.23. The van der Waals surface area contributed by atoms with Crippen molar-refractivity contribution >= 4 is 0 Å². The zero-order chi connectivity index (χ0) is 15.2. The highest BCUT2D eigenvalue weighted by Crippen LogP contribution is 2.06. The van der Waals surface area contributed by atoms with E-state index in [1.165, 1.54) is 24.2 Å². The molecule has 5 heteroatoms. The lowest BCUT2D eigenvalue weighted by atomic mass is 10.2. The Morgan fingerprint density at radius 2 is 2.14 bits per heavy atom. The first-order valence-corrected chi connectivity index (χ1v) is 7.81. The van der Waals surface area contributed by atoms with Gasteiger partial charge in [0, 0.05) is 37.1 Å². The summed E-state index contributed by atoms with van der Waals surface area (Å²) in [4.78, 5) is 10.2. The summed E-state index contributed by atoms with van der Waals surface area (Å²) in [6.45, 7) is 9.15. The smallest absolute Gasteiger partial charge is 0.106 e. The molecule has 21 heavy (non-hydrogen) atoms. The average Bonchev–Trinajstić information content (AvgIpc) is 3.00. The molecule has 0 radical (unpaired) electrons. The van der Waals surface area contributed by atoms with Crippen LogP contribution in [0.5, 0.6) is 0 Å². The number of hydrogen-bond acceptors (Lipinski definition) is 3. The Hall–Kier alpha value is -1.62. The van der Waals surface area contributed by atoms with Gasteiger partial charge in [0.15, 0.2) is 0 Å². The fourth-order valence-corrected chi connectivity index (χ4v) is 2.49. The van der Waals surface area contributed by atoms with Gasteiger partial charge in [-0.1, -0.05) is 13.3 Å². The van der Waals surface area contributed by atoms with Crippen LogP contribution in [-0.2, 0) is 19.5 Å². The van der Waals surface area contributed by atoms with E-state index >= 15 is 0 Å². The molecule has 0 aromatic carbocycles. The molecule has 0 aliphatic rings. The van der Waals surface area contributed by atoms with Crippen molar-refractivity contribution in [3.63, 3.8) is 0 Å². The van der Waals surface area contributed by atoms with Crippen molar-refractivity contribution in [3.05, 3.63) is 35.2 Å². The van der Waals surface area contributed by atoms with E-state index in [2.05, 4.69) is 51.6 Å². The molecule has 2 aromatic heterocycles. The minimum Gasteiger partial charge on any atom is -0.345 e. The van der Waals surface area contributed by atoms with Gasteiger partial charge in [0.1, 0.15) is 5.82 Å². The second kappa shape index (κ2) is 7.41. The molecule has 0 fully saturated rings. The maximum absolute atomic E-state index is 4.50. The Kier molecular flexibility index (Phi) is 5.56. The highest BCUT2D eigenvalue weighted by atomic mass is 15.3. The Morgan fingerprint density at radius 1 is 1.33 bits per heavy atom. The fraction of sp³-hybridized carbons (Fsp3) is 0.625. The first kappa shape index (κ1) is 15.8. The van der Waals surface area contributed by atoms with Crippen LogP contribution in [0.15, 0.2) is 12.3 Å². The van der Waals surface area contributed by atoms with E-state index in [9.17, 15) is 0 Å². The summed E-state index contributed by atoms with van der Waals surface area (Å²) >= 11 is 0. The molecule has 0 saturated heterocycles. The molecule has 0 aliphatic carbocycles. The topological polar surface area (TPSA) is 49.7 Å². The van der Waals surface area contributed by atoms with Crippen molar-refractivity contribution in [1.29, 1.82) is 0 Å². The SMILES string of the molecule is CCCCc1ncc(CN(C)CCn2nc(C)cc2C)[nH]1. The van der Waals surface area contributed by atoms with Crippen LogP contribution in [0, 0.1) is 13.8 Å². The lowest BCUT2D eigenvalue weighted by Gasteiger charge is -2.16. The predicted octanol–water partition coefficient (Wildman–Crippen LogP) is 2.70. The lowest BCUT2D eigenvalue weighted by molar-refractivity contribution is 0.300. The minimum absolute atomic E-state index is 0.901. The van der Waals surface area contributed by atoms with Crippen molar-refractivity contribution in [2.45, 2.75) is 53.1 Å². The van der Waals surface area contributed by atoms with E-state index in [0.29, 0.717) is 0 Å². The molecule has 1 N–H and O–H groups in total. The van der Waals surface area contributed by atoms with Crippen molar-refractivity contribution < 1.29 is 0 Å². The van der Waals surface area contributed by atoms with Gasteiger partial charge in [-0.05, 0) is 33.4 Å². The molecule has 0 amide bonds. The molecule has 5 nitrogen and oxygen atoms in total. The number of aryl methyl sites for hydroxylation is 3. The zero-order valence-corrected chi connectivity index (χ0v) is 13.7. The van der Waals surface area contributed by atoms with E-state index in [1.54, 1.807) is 0 Å². The van der Waals surface area contributed by atoms with Gasteiger partial charge < -0.3 is 4.98 Å². The molecule has 2 aromatic rings. The molecule has 0 atom stereocenters. The van der Waals surface area contributed by atoms with Gasteiger partial charge in [-0.15, -0.1) is 0 Å². The highest BCUT2D eigenvalue weighted by molar-refractivity contribution is 5.06. The monoisotopic (exact) mass is 289 g/mol. The van der Waals surface area contributed by atoms with E-state index in [0.717, 1.165) is 37.6 Å². The van der Waals surface area contributed by atoms with Crippen LogP contribution < -0.4 is 0 Å². The van der Waals surface area contributed by atoms with Crippen molar-refractivity contribution in [2.24, 2.45) is 0 Å². The number of nitrogens with zero attached hydrogens (tertiary/aromatic N) is 4. The molecule has 116 valence electrons. The number of aromatic amines is 1. The van der Waals surface area contributed by atoms with Gasteiger partial charge in [0.25, 0.3) is 0 Å². The van der Waals surface area contributed by atoms with Gasteiger partial charge in [0.2, 0.25) is 0 Å². The first-order chi connectivity index (χ1) is 10.1. The highest BCUT2D eigenvalue weighted by Gasteiger charge is 2.06. The number of likely N-dealkylation sites (N-methyl/N-ethyl adjacent to an activating group) is 1. The molecule has 0 unspecified atom stereocenters. The third-order valence-corrected chi connectivity index (χ3v) is 3.69. The fourth-order valence-electron chi connectivity index (χ4n) is 2.49. The van der Waals surface area contributed by atoms with E-state index in [-0.39, 0.29) is 0 Å². The molecule has 0 saturated carbocycles. The molecular formula is C16H27N5. The van der Waals surface area contributed by atoms with Crippen LogP contribution in [0.4, 0.5) is 0 Å². The maximum Gasteiger partial charge on any atom is 0.106 e. The van der Waals surface area contributed by atoms with E-state index in [1.807, 2.05) is 13.1 Å². The van der Waals surface area contributed by atoms with Gasteiger partial charge in [-0.3, -0.25) is 9.58 Å². The summed E-state index contributed by atoms with van der Waals surface area (Å²) in [6, 6.07) is 2.12. The summed E-state index contributed by atoms with van der Waals surface area (Å²) in [7, 11) is 2.14. The van der Waals surface area contributed by atoms with Crippen LogP contribution in [0.2, 0.25) is 0 Å². The third kappa shape index (κ3) is 4.70. The number of rotatable bonds is 8.